The number of hydrogen-bond donors (Lipinski definition) is 2. The molecule has 6 aromatic rings. The van der Waals surface area contributed by atoms with Gasteiger partial charge in [0.15, 0.2) is 17.3 Å². The van der Waals surface area contributed by atoms with Crippen molar-refractivity contribution in [3.63, 3.8) is 0 Å². The zero-order chi connectivity index (χ0) is 25.6. The average Bonchev–Trinajstić information content (AvgIpc) is 3.74. The minimum absolute atomic E-state index is 0.0674. The molecule has 38 heavy (non-hydrogen) atoms. The number of H-pyrrole nitrogens is 2. The molecule has 0 aliphatic carbocycles. The van der Waals surface area contributed by atoms with Gasteiger partial charge >= 0.3 is 0 Å². The van der Waals surface area contributed by atoms with Gasteiger partial charge in [-0.15, -0.1) is 11.3 Å². The Morgan fingerprint density at radius 3 is 2.74 bits per heavy atom. The number of thiophene rings is 1. The minimum Gasteiger partial charge on any atom is -0.336 e. The van der Waals surface area contributed by atoms with E-state index in [9.17, 15) is 4.79 Å². The molecule has 6 heterocycles. The van der Waals surface area contributed by atoms with Crippen LogP contribution in [0.15, 0.2) is 60.9 Å². The Bertz CT molecular complexity index is 1810. The third-order valence-electron chi connectivity index (χ3n) is 7.06. The van der Waals surface area contributed by atoms with E-state index in [0.29, 0.717) is 11.5 Å². The summed E-state index contributed by atoms with van der Waals surface area (Å²) in [7, 11) is 0. The quantitative estimate of drug-likeness (QED) is 0.258. The van der Waals surface area contributed by atoms with Crippen LogP contribution in [0.2, 0.25) is 0 Å². The predicted octanol–water partition coefficient (Wildman–Crippen LogP) is 6.09. The number of ketones is 1. The highest BCUT2D eigenvalue weighted by molar-refractivity contribution is 7.17. The van der Waals surface area contributed by atoms with Crippen molar-refractivity contribution in [3.8, 4) is 33.2 Å². The van der Waals surface area contributed by atoms with Crippen molar-refractivity contribution in [1.29, 1.82) is 0 Å². The Kier molecular flexibility index (Phi) is 5.60. The van der Waals surface area contributed by atoms with Gasteiger partial charge in [-0.25, -0.2) is 9.97 Å². The molecule has 5 aromatic heterocycles. The molecule has 9 heteroatoms. The van der Waals surface area contributed by atoms with Crippen LogP contribution in [0.25, 0.3) is 55.3 Å². The summed E-state index contributed by atoms with van der Waals surface area (Å²) in [4.78, 5) is 33.9. The van der Waals surface area contributed by atoms with Crippen molar-refractivity contribution in [2.75, 3.05) is 13.1 Å². The number of aromatic amines is 2. The largest absolute Gasteiger partial charge is 0.336 e. The molecule has 1 fully saturated rings. The highest BCUT2D eigenvalue weighted by Crippen LogP contribution is 2.35. The van der Waals surface area contributed by atoms with E-state index in [0.717, 1.165) is 68.3 Å². The second kappa shape index (κ2) is 9.27. The Balaban J connectivity index is 1.27. The van der Waals surface area contributed by atoms with Crippen molar-refractivity contribution in [1.82, 2.24) is 35.0 Å². The number of aromatic nitrogens is 6. The van der Waals surface area contributed by atoms with Crippen LogP contribution < -0.4 is 0 Å². The Morgan fingerprint density at radius 1 is 1.00 bits per heavy atom. The van der Waals surface area contributed by atoms with Gasteiger partial charge in [0.1, 0.15) is 5.52 Å². The topological polar surface area (TPSA) is 103 Å². The number of nitrogens with zero attached hydrogens (tertiary/aromatic N) is 5. The summed E-state index contributed by atoms with van der Waals surface area (Å²) >= 11 is 1.48. The summed E-state index contributed by atoms with van der Waals surface area (Å²) in [5, 5.41) is 7.67. The molecule has 0 bridgehead atoms. The number of rotatable bonds is 6. The van der Waals surface area contributed by atoms with E-state index in [2.05, 4.69) is 31.1 Å². The lowest BCUT2D eigenvalue weighted by atomic mass is 10.1. The summed E-state index contributed by atoms with van der Waals surface area (Å²) in [6.07, 6.45) is 6.35. The number of nitrogens with one attached hydrogen (secondary N) is 2. The number of hydrogen-bond acceptors (Lipinski definition) is 7. The molecule has 0 atom stereocenters. The number of likely N-dealkylation sites (tertiary alicyclic amines) is 1. The molecule has 1 aliphatic heterocycles. The summed E-state index contributed by atoms with van der Waals surface area (Å²) in [5.41, 5.74) is 8.03. The van der Waals surface area contributed by atoms with E-state index < -0.39 is 0 Å². The third-order valence-corrected chi connectivity index (χ3v) is 8.28. The number of Topliss-reactive ketones (excluding diaryl/α,β-unsaturated/α-hetero) is 1. The van der Waals surface area contributed by atoms with E-state index in [-0.39, 0.29) is 5.78 Å². The number of para-hydroxylation sites is 1. The first-order valence-electron chi connectivity index (χ1n) is 12.7. The molecule has 0 radical (unpaired) electrons. The van der Waals surface area contributed by atoms with Crippen LogP contribution in [-0.2, 0) is 6.54 Å². The fraction of sp³-hybridized carbons (Fsp3) is 0.207. The number of carbonyl (C=O) groups excluding carboxylic acids is 1. The van der Waals surface area contributed by atoms with E-state index in [4.69, 9.17) is 9.97 Å². The normalized spacial score (nSPS) is 14.1. The van der Waals surface area contributed by atoms with Crippen LogP contribution in [0, 0.1) is 0 Å². The number of carbonyl (C=O) groups is 1. The number of imidazole rings is 1. The maximum absolute atomic E-state index is 11.8. The maximum atomic E-state index is 11.8. The van der Waals surface area contributed by atoms with E-state index >= 15 is 0 Å². The molecule has 0 unspecified atom stereocenters. The van der Waals surface area contributed by atoms with E-state index in [1.807, 2.05) is 54.9 Å². The van der Waals surface area contributed by atoms with Crippen molar-refractivity contribution >= 4 is 39.2 Å². The number of benzene rings is 1. The molecule has 8 nitrogen and oxygen atoms in total. The van der Waals surface area contributed by atoms with E-state index in [1.54, 1.807) is 6.92 Å². The van der Waals surface area contributed by atoms with Crippen LogP contribution >= 0.6 is 11.3 Å². The molecule has 0 saturated carbocycles. The first-order chi connectivity index (χ1) is 18.6. The van der Waals surface area contributed by atoms with Crippen molar-refractivity contribution < 1.29 is 4.79 Å². The summed E-state index contributed by atoms with van der Waals surface area (Å²) in [6, 6.07) is 16.1. The molecular formula is C29H25N7OS. The van der Waals surface area contributed by atoms with Crippen LogP contribution in [0.4, 0.5) is 0 Å². The summed E-state index contributed by atoms with van der Waals surface area (Å²) in [6.45, 7) is 4.80. The van der Waals surface area contributed by atoms with Crippen molar-refractivity contribution in [3.05, 3.63) is 71.4 Å². The standard InChI is InChI=1S/C29H25N7OS/c1-17(37)24-9-10-25(38-24)20-5-4-6-22-26(20)33-29(32-22)28-27-23(34-35-28)8-7-21(31-27)19-13-18(14-30-15-19)16-36-11-2-3-12-36/h4-10,13-15H,2-3,11-12,16H2,1H3,(H,32,33)(H,34,35). The van der Waals surface area contributed by atoms with Gasteiger partial charge in [0.05, 0.1) is 27.1 Å². The fourth-order valence-electron chi connectivity index (χ4n) is 5.15. The lowest BCUT2D eigenvalue weighted by Crippen LogP contribution is -2.18. The molecule has 1 aromatic carbocycles. The van der Waals surface area contributed by atoms with Crippen LogP contribution in [0.3, 0.4) is 0 Å². The second-order valence-electron chi connectivity index (χ2n) is 9.74. The predicted molar refractivity (Wildman–Crippen MR) is 150 cm³/mol. The van der Waals surface area contributed by atoms with Crippen LogP contribution in [0.1, 0.15) is 35.0 Å². The van der Waals surface area contributed by atoms with Gasteiger partial charge < -0.3 is 4.98 Å². The number of pyridine rings is 2. The van der Waals surface area contributed by atoms with Crippen molar-refractivity contribution in [2.45, 2.75) is 26.3 Å². The summed E-state index contributed by atoms with van der Waals surface area (Å²) in [5.74, 6) is 0.713. The van der Waals surface area contributed by atoms with E-state index in [1.165, 1.54) is 29.7 Å². The van der Waals surface area contributed by atoms with Gasteiger partial charge in [-0.1, -0.05) is 12.1 Å². The zero-order valence-corrected chi connectivity index (χ0v) is 21.7. The van der Waals surface area contributed by atoms with Gasteiger partial charge in [0.25, 0.3) is 0 Å². The molecule has 1 aliphatic rings. The lowest BCUT2D eigenvalue weighted by Gasteiger charge is -2.14. The molecule has 0 amide bonds. The van der Waals surface area contributed by atoms with Crippen LogP contribution in [-0.4, -0.2) is 53.9 Å². The van der Waals surface area contributed by atoms with Gasteiger partial charge in [0.2, 0.25) is 0 Å². The molecule has 1 saturated heterocycles. The Labute approximate surface area is 222 Å². The van der Waals surface area contributed by atoms with Gasteiger partial charge in [-0.3, -0.25) is 19.8 Å². The minimum atomic E-state index is 0.0674. The highest BCUT2D eigenvalue weighted by Gasteiger charge is 2.18. The Hall–Kier alpha value is -4.21. The average molecular weight is 520 g/mol. The molecular weight excluding hydrogens is 494 g/mol. The smallest absolute Gasteiger partial charge is 0.169 e. The second-order valence-corrected chi connectivity index (χ2v) is 10.8. The Morgan fingerprint density at radius 2 is 1.89 bits per heavy atom. The highest BCUT2D eigenvalue weighted by atomic mass is 32.1. The monoisotopic (exact) mass is 519 g/mol. The first-order valence-corrected chi connectivity index (χ1v) is 13.6. The molecule has 2 N–H and O–H groups in total. The lowest BCUT2D eigenvalue weighted by molar-refractivity contribution is 0.102. The zero-order valence-electron chi connectivity index (χ0n) is 20.9. The fourth-order valence-corrected chi connectivity index (χ4v) is 6.08. The maximum Gasteiger partial charge on any atom is 0.169 e. The SMILES string of the molecule is CC(=O)c1ccc(-c2cccc3[nH]c(-c4n[nH]c5ccc(-c6cncc(CN7CCCC7)c6)nc45)nc23)s1. The molecule has 7 rings (SSSR count). The van der Waals surface area contributed by atoms with Crippen LogP contribution in [0.5, 0.6) is 0 Å². The van der Waals surface area contributed by atoms with Gasteiger partial charge in [-0.2, -0.15) is 5.10 Å². The molecule has 188 valence electrons. The van der Waals surface area contributed by atoms with Gasteiger partial charge in [0, 0.05) is 34.9 Å². The first kappa shape index (κ1) is 22.9. The molecule has 0 spiro atoms. The third kappa shape index (κ3) is 4.09. The van der Waals surface area contributed by atoms with Gasteiger partial charge in [-0.05, 0) is 74.8 Å². The summed E-state index contributed by atoms with van der Waals surface area (Å²) < 4.78 is 0. The van der Waals surface area contributed by atoms with Crippen molar-refractivity contribution in [2.24, 2.45) is 0 Å². The number of fused-ring (bicyclic) bond motifs is 2.